The van der Waals surface area contributed by atoms with Crippen LogP contribution in [-0.2, 0) is 0 Å². The number of carbonyl (C=O) groups is 1. The molecule has 0 spiro atoms. The highest BCUT2D eigenvalue weighted by molar-refractivity contribution is 6.32. The number of nitrogens with one attached hydrogen (secondary N) is 2. The molecule has 0 aliphatic carbocycles. The Labute approximate surface area is 132 Å². The Morgan fingerprint density at radius 2 is 2.09 bits per heavy atom. The zero-order valence-corrected chi connectivity index (χ0v) is 13.2. The van der Waals surface area contributed by atoms with E-state index in [1.807, 2.05) is 13.8 Å². The first-order chi connectivity index (χ1) is 10.1. The lowest BCUT2D eigenvalue weighted by molar-refractivity contribution is -0.0497. The summed E-state index contributed by atoms with van der Waals surface area (Å²) in [5, 5.41) is 15.0. The predicted octanol–water partition coefficient (Wildman–Crippen LogP) is 3.47. The fraction of sp³-hybridized carbons (Fsp3) is 0.500. The second kappa shape index (κ2) is 7.60. The number of rotatable bonds is 6. The van der Waals surface area contributed by atoms with E-state index in [-0.39, 0.29) is 28.9 Å². The van der Waals surface area contributed by atoms with Gasteiger partial charge in [0.25, 0.3) is 0 Å². The van der Waals surface area contributed by atoms with Crippen molar-refractivity contribution in [3.8, 4) is 5.75 Å². The minimum atomic E-state index is -3.01. The number of hydrogen-bond acceptors (Lipinski definition) is 3. The molecule has 1 rings (SSSR count). The quantitative estimate of drug-likeness (QED) is 0.745. The second-order valence-electron chi connectivity index (χ2n) is 5.34. The molecular formula is C14H19ClF2N2O3. The Balaban J connectivity index is 2.65. The van der Waals surface area contributed by atoms with Gasteiger partial charge in [-0.1, -0.05) is 25.4 Å². The monoisotopic (exact) mass is 336 g/mol. The molecule has 0 saturated carbocycles. The Morgan fingerprint density at radius 3 is 2.64 bits per heavy atom. The summed E-state index contributed by atoms with van der Waals surface area (Å²) in [6.07, 6.45) is 0. The molecule has 0 fully saturated rings. The first kappa shape index (κ1) is 18.4. The smallest absolute Gasteiger partial charge is 0.387 e. The van der Waals surface area contributed by atoms with Crippen molar-refractivity contribution in [2.24, 2.45) is 5.92 Å². The fourth-order valence-corrected chi connectivity index (χ4v) is 1.57. The number of carbonyl (C=O) groups excluding carboxylic acids is 1. The third-order valence-corrected chi connectivity index (χ3v) is 3.57. The van der Waals surface area contributed by atoms with Gasteiger partial charge in [-0.05, 0) is 25.0 Å². The average molecular weight is 337 g/mol. The number of urea groups is 1. The molecule has 0 aromatic heterocycles. The summed E-state index contributed by atoms with van der Waals surface area (Å²) in [6, 6.07) is 3.39. The van der Waals surface area contributed by atoms with E-state index in [4.69, 9.17) is 11.6 Å². The standard InChI is InChI=1S/C14H19ClF2N2O3/c1-8(2)14(3,21)7-18-13(20)19-9-4-5-10(15)11(6-9)22-12(16)17/h4-6,8,12,21H,7H2,1-3H3,(H2,18,19,20). The van der Waals surface area contributed by atoms with Gasteiger partial charge >= 0.3 is 12.6 Å². The zero-order chi connectivity index (χ0) is 16.9. The Kier molecular flexibility index (Phi) is 6.37. The van der Waals surface area contributed by atoms with Crippen LogP contribution in [0.25, 0.3) is 0 Å². The van der Waals surface area contributed by atoms with E-state index in [0.29, 0.717) is 0 Å². The number of alkyl halides is 2. The summed E-state index contributed by atoms with van der Waals surface area (Å²) in [4.78, 5) is 11.7. The highest BCUT2D eigenvalue weighted by Gasteiger charge is 2.25. The summed E-state index contributed by atoms with van der Waals surface area (Å²) < 4.78 is 28.7. The largest absolute Gasteiger partial charge is 0.433 e. The first-order valence-corrected chi connectivity index (χ1v) is 7.01. The number of halogens is 3. The molecule has 1 unspecified atom stereocenters. The van der Waals surface area contributed by atoms with Crippen LogP contribution in [0.3, 0.4) is 0 Å². The van der Waals surface area contributed by atoms with E-state index in [1.165, 1.54) is 18.2 Å². The van der Waals surface area contributed by atoms with Crippen LogP contribution in [0, 0.1) is 5.92 Å². The first-order valence-electron chi connectivity index (χ1n) is 6.63. The minimum absolute atomic E-state index is 0.00833. The number of hydrogen-bond donors (Lipinski definition) is 3. The van der Waals surface area contributed by atoms with E-state index in [9.17, 15) is 18.7 Å². The maximum Gasteiger partial charge on any atom is 0.387 e. The fourth-order valence-electron chi connectivity index (χ4n) is 1.41. The van der Waals surface area contributed by atoms with Crippen molar-refractivity contribution in [1.82, 2.24) is 5.32 Å². The number of aliphatic hydroxyl groups is 1. The topological polar surface area (TPSA) is 70.6 Å². The summed E-state index contributed by atoms with van der Waals surface area (Å²) in [6.45, 7) is 2.29. The van der Waals surface area contributed by atoms with E-state index >= 15 is 0 Å². The normalized spacial score (nSPS) is 13.9. The van der Waals surface area contributed by atoms with Gasteiger partial charge in [-0.25, -0.2) is 4.79 Å². The van der Waals surface area contributed by atoms with Crippen LogP contribution in [0.5, 0.6) is 5.75 Å². The molecule has 8 heteroatoms. The molecule has 0 heterocycles. The predicted molar refractivity (Wildman–Crippen MR) is 80.6 cm³/mol. The van der Waals surface area contributed by atoms with Crippen molar-refractivity contribution in [1.29, 1.82) is 0 Å². The molecule has 1 aromatic rings. The lowest BCUT2D eigenvalue weighted by Crippen LogP contribution is -2.45. The van der Waals surface area contributed by atoms with Crippen molar-refractivity contribution in [2.45, 2.75) is 33.0 Å². The molecule has 0 aliphatic heterocycles. The van der Waals surface area contributed by atoms with Gasteiger partial charge in [0.05, 0.1) is 10.6 Å². The molecule has 2 amide bonds. The maximum atomic E-state index is 12.2. The van der Waals surface area contributed by atoms with E-state index in [2.05, 4.69) is 15.4 Å². The van der Waals surface area contributed by atoms with Gasteiger partial charge in [0.2, 0.25) is 0 Å². The van der Waals surface area contributed by atoms with Crippen LogP contribution in [0.15, 0.2) is 18.2 Å². The van der Waals surface area contributed by atoms with Crippen LogP contribution in [0.4, 0.5) is 19.3 Å². The minimum Gasteiger partial charge on any atom is -0.433 e. The van der Waals surface area contributed by atoms with Gasteiger partial charge in [-0.2, -0.15) is 8.78 Å². The van der Waals surface area contributed by atoms with Crippen molar-refractivity contribution in [3.05, 3.63) is 23.2 Å². The molecule has 3 N–H and O–H groups in total. The molecule has 0 radical (unpaired) electrons. The van der Waals surface area contributed by atoms with Crippen molar-refractivity contribution < 1.29 is 23.4 Å². The van der Waals surface area contributed by atoms with Gasteiger partial charge in [-0.3, -0.25) is 0 Å². The van der Waals surface area contributed by atoms with Crippen LogP contribution in [0.2, 0.25) is 5.02 Å². The van der Waals surface area contributed by atoms with Gasteiger partial charge in [0, 0.05) is 18.3 Å². The average Bonchev–Trinajstić information content (AvgIpc) is 2.40. The molecule has 0 saturated heterocycles. The highest BCUT2D eigenvalue weighted by atomic mass is 35.5. The summed E-state index contributed by atoms with van der Waals surface area (Å²) in [7, 11) is 0. The number of benzene rings is 1. The summed E-state index contributed by atoms with van der Waals surface area (Å²) in [5.41, 5.74) is -0.817. The van der Waals surface area contributed by atoms with E-state index < -0.39 is 18.2 Å². The van der Waals surface area contributed by atoms with Crippen molar-refractivity contribution in [3.63, 3.8) is 0 Å². The third-order valence-electron chi connectivity index (χ3n) is 3.26. The van der Waals surface area contributed by atoms with Gasteiger partial charge in [0.15, 0.2) is 0 Å². The van der Waals surface area contributed by atoms with Crippen molar-refractivity contribution >= 4 is 23.3 Å². The maximum absolute atomic E-state index is 12.2. The van der Waals surface area contributed by atoms with E-state index in [0.717, 1.165) is 0 Å². The molecular weight excluding hydrogens is 318 g/mol. The Hall–Kier alpha value is -1.60. The molecule has 0 bridgehead atoms. The van der Waals surface area contributed by atoms with Crippen LogP contribution in [0.1, 0.15) is 20.8 Å². The highest BCUT2D eigenvalue weighted by Crippen LogP contribution is 2.29. The lowest BCUT2D eigenvalue weighted by atomic mass is 9.93. The second-order valence-corrected chi connectivity index (χ2v) is 5.75. The molecule has 22 heavy (non-hydrogen) atoms. The van der Waals surface area contributed by atoms with Crippen LogP contribution < -0.4 is 15.4 Å². The van der Waals surface area contributed by atoms with Crippen LogP contribution in [-0.4, -0.2) is 29.9 Å². The molecule has 1 aromatic carbocycles. The number of anilines is 1. The number of amides is 2. The molecule has 5 nitrogen and oxygen atoms in total. The molecule has 124 valence electrons. The Morgan fingerprint density at radius 1 is 1.45 bits per heavy atom. The van der Waals surface area contributed by atoms with Crippen LogP contribution >= 0.6 is 11.6 Å². The van der Waals surface area contributed by atoms with Gasteiger partial charge in [-0.15, -0.1) is 0 Å². The van der Waals surface area contributed by atoms with Gasteiger partial charge < -0.3 is 20.5 Å². The van der Waals surface area contributed by atoms with Crippen molar-refractivity contribution in [2.75, 3.05) is 11.9 Å². The van der Waals surface area contributed by atoms with Gasteiger partial charge in [0.1, 0.15) is 5.75 Å². The molecule has 0 aliphatic rings. The molecule has 1 atom stereocenters. The summed E-state index contributed by atoms with van der Waals surface area (Å²) in [5.74, 6) is -0.280. The summed E-state index contributed by atoms with van der Waals surface area (Å²) >= 11 is 5.71. The SMILES string of the molecule is CC(C)C(C)(O)CNC(=O)Nc1ccc(Cl)c(OC(F)F)c1. The third kappa shape index (κ3) is 5.65. The Bertz CT molecular complexity index is 525. The van der Waals surface area contributed by atoms with E-state index in [1.54, 1.807) is 6.92 Å². The zero-order valence-electron chi connectivity index (χ0n) is 12.5. The number of ether oxygens (including phenoxy) is 1. The lowest BCUT2D eigenvalue weighted by Gasteiger charge is -2.27.